The number of ether oxygens (including phenoxy) is 2. The maximum Gasteiger partial charge on any atom is 0.407 e. The fourth-order valence-corrected chi connectivity index (χ4v) is 3.40. The third-order valence-electron chi connectivity index (χ3n) is 3.35. The number of rotatable bonds is 7. The molecule has 0 saturated carbocycles. The highest BCUT2D eigenvalue weighted by Crippen LogP contribution is 2.19. The normalized spacial score (nSPS) is 11.9. The smallest absolute Gasteiger partial charge is 0.407 e. The molecule has 0 fully saturated rings. The van der Waals surface area contributed by atoms with Crippen molar-refractivity contribution in [2.75, 3.05) is 13.7 Å². The number of hydrogen-bond acceptors (Lipinski definition) is 7. The zero-order valence-corrected chi connectivity index (χ0v) is 16.6. The molecule has 1 aromatic heterocycles. The van der Waals surface area contributed by atoms with E-state index in [2.05, 4.69) is 15.6 Å². The molecule has 0 aliphatic carbocycles. The van der Waals surface area contributed by atoms with E-state index in [1.807, 2.05) is 0 Å². The fourth-order valence-electron chi connectivity index (χ4n) is 2.16. The average Bonchev–Trinajstić information content (AvgIpc) is 3.00. The molecule has 1 heterocycles. The number of carbonyl (C=O) groups is 1. The van der Waals surface area contributed by atoms with Crippen LogP contribution >= 0.6 is 0 Å². The molecule has 0 aliphatic heterocycles. The van der Waals surface area contributed by atoms with Gasteiger partial charge in [-0.1, -0.05) is 5.21 Å². The quantitative estimate of drug-likeness (QED) is 0.759. The van der Waals surface area contributed by atoms with Crippen LogP contribution in [0.25, 0.3) is 0 Å². The van der Waals surface area contributed by atoms with E-state index in [9.17, 15) is 13.2 Å². The van der Waals surface area contributed by atoms with Crippen molar-refractivity contribution in [3.8, 4) is 5.75 Å². The second-order valence-corrected chi connectivity index (χ2v) is 8.83. The van der Waals surface area contributed by atoms with E-state index in [0.29, 0.717) is 18.0 Å². The molecular formula is C17H24N4O5S. The molecule has 10 heteroatoms. The number of aromatic nitrogens is 3. The third-order valence-corrected chi connectivity index (χ3v) is 5.02. The molecule has 0 aliphatic rings. The molecule has 0 unspecified atom stereocenters. The zero-order chi connectivity index (χ0) is 20.1. The van der Waals surface area contributed by atoms with Crippen molar-refractivity contribution in [2.24, 2.45) is 0 Å². The summed E-state index contributed by atoms with van der Waals surface area (Å²) in [5.74, 6) is 0.316. The summed E-state index contributed by atoms with van der Waals surface area (Å²) in [6.07, 6.45) is 1.02. The Morgan fingerprint density at radius 2 is 1.89 bits per heavy atom. The molecule has 0 atom stereocenters. The van der Waals surface area contributed by atoms with Gasteiger partial charge in [0.05, 0.1) is 24.2 Å². The number of nitrogens with one attached hydrogen (secondary N) is 1. The lowest BCUT2D eigenvalue weighted by Gasteiger charge is -2.19. The molecule has 1 amide bonds. The van der Waals surface area contributed by atoms with Gasteiger partial charge in [0.2, 0.25) is 0 Å². The number of nitrogens with zero attached hydrogens (tertiary/aromatic N) is 3. The highest BCUT2D eigenvalue weighted by Gasteiger charge is 2.18. The maximum atomic E-state index is 12.5. The number of amides is 1. The predicted octanol–water partition coefficient (Wildman–Crippen LogP) is 1.79. The van der Waals surface area contributed by atoms with Crippen LogP contribution in [0.15, 0.2) is 35.4 Å². The topological polar surface area (TPSA) is 112 Å². The Hall–Kier alpha value is -2.62. The number of carbonyl (C=O) groups excluding carboxylic acids is 1. The van der Waals surface area contributed by atoms with E-state index >= 15 is 0 Å². The van der Waals surface area contributed by atoms with Crippen molar-refractivity contribution < 1.29 is 22.7 Å². The van der Waals surface area contributed by atoms with Crippen LogP contribution in [0.3, 0.4) is 0 Å². The average molecular weight is 396 g/mol. The number of methoxy groups -OCH3 is 1. The third kappa shape index (κ3) is 6.55. The van der Waals surface area contributed by atoms with E-state index in [4.69, 9.17) is 9.47 Å². The Kier molecular flexibility index (Phi) is 6.42. The van der Waals surface area contributed by atoms with Crippen LogP contribution in [-0.4, -0.2) is 48.8 Å². The van der Waals surface area contributed by atoms with Crippen LogP contribution in [0.5, 0.6) is 5.75 Å². The van der Waals surface area contributed by atoms with Gasteiger partial charge in [-0.05, 0) is 45.0 Å². The SMILES string of the molecule is COc1ccc(S(=O)(=O)Cc2cn(CCNC(=O)OC(C)(C)C)nn2)cc1. The number of sulfone groups is 1. The predicted molar refractivity (Wildman–Crippen MR) is 98.1 cm³/mol. The van der Waals surface area contributed by atoms with Crippen molar-refractivity contribution in [1.82, 2.24) is 20.3 Å². The number of benzene rings is 1. The lowest BCUT2D eigenvalue weighted by Crippen LogP contribution is -2.34. The fraction of sp³-hybridized carbons (Fsp3) is 0.471. The van der Waals surface area contributed by atoms with Gasteiger partial charge in [-0.3, -0.25) is 4.68 Å². The van der Waals surface area contributed by atoms with Crippen molar-refractivity contribution in [1.29, 1.82) is 0 Å². The molecule has 0 radical (unpaired) electrons. The van der Waals surface area contributed by atoms with Gasteiger partial charge in [0.15, 0.2) is 9.84 Å². The summed E-state index contributed by atoms with van der Waals surface area (Å²) in [5.41, 5.74) is -0.247. The summed E-state index contributed by atoms with van der Waals surface area (Å²) in [6, 6.07) is 6.16. The summed E-state index contributed by atoms with van der Waals surface area (Å²) < 4.78 is 36.5. The molecule has 1 N–H and O–H groups in total. The van der Waals surface area contributed by atoms with E-state index in [0.717, 1.165) is 0 Å². The standard InChI is InChI=1S/C17H24N4O5S/c1-17(2,3)26-16(22)18-9-10-21-11-13(19-20-21)12-27(23,24)15-7-5-14(25-4)6-8-15/h5-8,11H,9-10,12H2,1-4H3,(H,18,22). The monoisotopic (exact) mass is 396 g/mol. The molecular weight excluding hydrogens is 372 g/mol. The van der Waals surface area contributed by atoms with Gasteiger partial charge in [0.25, 0.3) is 0 Å². The minimum absolute atomic E-state index is 0.185. The number of hydrogen-bond donors (Lipinski definition) is 1. The van der Waals surface area contributed by atoms with E-state index < -0.39 is 21.5 Å². The summed E-state index contributed by atoms with van der Waals surface area (Å²) in [5, 5.41) is 10.4. The van der Waals surface area contributed by atoms with Gasteiger partial charge in [0.1, 0.15) is 17.1 Å². The first kappa shape index (κ1) is 20.7. The molecule has 0 spiro atoms. The van der Waals surface area contributed by atoms with E-state index in [1.165, 1.54) is 30.1 Å². The Labute approximate surface area is 158 Å². The van der Waals surface area contributed by atoms with Crippen molar-refractivity contribution in [3.05, 3.63) is 36.2 Å². The Bertz CT molecular complexity index is 869. The Morgan fingerprint density at radius 1 is 1.22 bits per heavy atom. The summed E-state index contributed by atoms with van der Waals surface area (Å²) in [4.78, 5) is 11.8. The zero-order valence-electron chi connectivity index (χ0n) is 15.8. The van der Waals surface area contributed by atoms with Crippen LogP contribution in [-0.2, 0) is 26.9 Å². The molecule has 1 aromatic carbocycles. The van der Waals surface area contributed by atoms with Gasteiger partial charge in [0, 0.05) is 12.7 Å². The van der Waals surface area contributed by atoms with Gasteiger partial charge >= 0.3 is 6.09 Å². The van der Waals surface area contributed by atoms with Crippen LogP contribution in [0.2, 0.25) is 0 Å². The molecule has 2 rings (SSSR count). The first-order valence-corrected chi connectivity index (χ1v) is 9.97. The Morgan fingerprint density at radius 3 is 2.48 bits per heavy atom. The number of alkyl carbamates (subject to hydrolysis) is 1. The van der Waals surface area contributed by atoms with Crippen LogP contribution < -0.4 is 10.1 Å². The van der Waals surface area contributed by atoms with Gasteiger partial charge in [-0.25, -0.2) is 13.2 Å². The van der Waals surface area contributed by atoms with Crippen molar-refractivity contribution >= 4 is 15.9 Å². The summed E-state index contributed by atoms with van der Waals surface area (Å²) in [6.45, 7) is 5.95. The summed E-state index contributed by atoms with van der Waals surface area (Å²) in [7, 11) is -2.03. The van der Waals surface area contributed by atoms with Crippen LogP contribution in [0, 0.1) is 0 Å². The lowest BCUT2D eigenvalue weighted by molar-refractivity contribution is 0.0525. The first-order chi connectivity index (χ1) is 12.6. The van der Waals surface area contributed by atoms with E-state index in [-0.39, 0.29) is 17.2 Å². The van der Waals surface area contributed by atoms with Crippen molar-refractivity contribution in [3.63, 3.8) is 0 Å². The lowest BCUT2D eigenvalue weighted by atomic mass is 10.2. The minimum atomic E-state index is -3.54. The second kappa shape index (κ2) is 8.38. The largest absolute Gasteiger partial charge is 0.497 e. The van der Waals surface area contributed by atoms with E-state index in [1.54, 1.807) is 32.9 Å². The molecule has 27 heavy (non-hydrogen) atoms. The van der Waals surface area contributed by atoms with Crippen molar-refractivity contribution in [2.45, 2.75) is 43.6 Å². The highest BCUT2D eigenvalue weighted by molar-refractivity contribution is 7.90. The minimum Gasteiger partial charge on any atom is -0.497 e. The maximum absolute atomic E-state index is 12.5. The van der Waals surface area contributed by atoms with Gasteiger partial charge < -0.3 is 14.8 Å². The van der Waals surface area contributed by atoms with Crippen LogP contribution in [0.4, 0.5) is 4.79 Å². The first-order valence-electron chi connectivity index (χ1n) is 8.32. The van der Waals surface area contributed by atoms with Gasteiger partial charge in [-0.2, -0.15) is 0 Å². The van der Waals surface area contributed by atoms with Gasteiger partial charge in [-0.15, -0.1) is 5.10 Å². The Balaban J connectivity index is 1.90. The molecule has 148 valence electrons. The molecule has 0 saturated heterocycles. The highest BCUT2D eigenvalue weighted by atomic mass is 32.2. The second-order valence-electron chi connectivity index (χ2n) is 6.84. The summed E-state index contributed by atoms with van der Waals surface area (Å²) >= 11 is 0. The molecule has 9 nitrogen and oxygen atoms in total. The molecule has 0 bridgehead atoms. The van der Waals surface area contributed by atoms with Crippen LogP contribution in [0.1, 0.15) is 26.5 Å². The molecule has 2 aromatic rings.